The Morgan fingerprint density at radius 3 is 2.29 bits per heavy atom. The number of ether oxygens (including phenoxy) is 2. The average Bonchev–Trinajstić information content (AvgIpc) is 2.53. The molecule has 5 nitrogen and oxygen atoms in total. The topological polar surface area (TPSA) is 50.8 Å². The van der Waals surface area contributed by atoms with Gasteiger partial charge in [0.25, 0.3) is 5.91 Å². The van der Waals surface area contributed by atoms with E-state index in [0.29, 0.717) is 32.8 Å². The molecule has 0 radical (unpaired) electrons. The number of hydrogen-bond acceptors (Lipinski definition) is 4. The van der Waals surface area contributed by atoms with Gasteiger partial charge in [0, 0.05) is 25.3 Å². The molecule has 0 aliphatic carbocycles. The van der Waals surface area contributed by atoms with Crippen LogP contribution in [0.5, 0.6) is 11.5 Å². The fraction of sp³-hybridized carbons (Fsp3) is 0.235. The summed E-state index contributed by atoms with van der Waals surface area (Å²) in [4.78, 5) is 14.3. The van der Waals surface area contributed by atoms with E-state index in [0.717, 1.165) is 5.69 Å². The zero-order valence-corrected chi connectivity index (χ0v) is 15.3. The van der Waals surface area contributed by atoms with E-state index in [-0.39, 0.29) is 5.91 Å². The first-order valence-electron chi connectivity index (χ1n) is 7.07. The van der Waals surface area contributed by atoms with Crippen molar-refractivity contribution in [2.75, 3.05) is 38.5 Å². The normalized spacial score (nSPS) is 10.2. The Labute approximate surface area is 151 Å². The lowest BCUT2D eigenvalue weighted by Gasteiger charge is -2.16. The fourth-order valence-corrected chi connectivity index (χ4v) is 2.84. The highest BCUT2D eigenvalue weighted by Gasteiger charge is 2.16. The Balaban J connectivity index is 2.27. The van der Waals surface area contributed by atoms with Crippen molar-refractivity contribution in [1.29, 1.82) is 0 Å². The molecule has 2 aromatic carbocycles. The van der Waals surface area contributed by atoms with Crippen LogP contribution < -0.4 is 19.7 Å². The van der Waals surface area contributed by atoms with E-state index in [1.807, 2.05) is 25.1 Å². The van der Waals surface area contributed by atoms with Crippen LogP contribution in [0.15, 0.2) is 30.3 Å². The number of methoxy groups -OCH3 is 2. The van der Waals surface area contributed by atoms with E-state index in [9.17, 15) is 4.79 Å². The van der Waals surface area contributed by atoms with Gasteiger partial charge in [-0.25, -0.2) is 0 Å². The number of rotatable bonds is 5. The molecule has 0 spiro atoms. The Hall–Kier alpha value is -2.11. The molecule has 0 heterocycles. The van der Waals surface area contributed by atoms with Crippen molar-refractivity contribution < 1.29 is 14.3 Å². The molecule has 0 aromatic heterocycles. The second-order valence-corrected chi connectivity index (χ2v) is 6.02. The Morgan fingerprint density at radius 2 is 1.75 bits per heavy atom. The zero-order chi connectivity index (χ0) is 17.9. The molecular formula is C17H18Cl2N2O3. The molecule has 2 aromatic rings. The lowest BCUT2D eigenvalue weighted by Crippen LogP contribution is -2.13. The van der Waals surface area contributed by atoms with Crippen LogP contribution in [-0.4, -0.2) is 34.2 Å². The van der Waals surface area contributed by atoms with Crippen LogP contribution in [0.2, 0.25) is 10.0 Å². The maximum absolute atomic E-state index is 12.4. The number of halogens is 2. The van der Waals surface area contributed by atoms with Crippen LogP contribution in [-0.2, 0) is 0 Å². The summed E-state index contributed by atoms with van der Waals surface area (Å²) in [5.41, 5.74) is 1.80. The summed E-state index contributed by atoms with van der Waals surface area (Å²) < 4.78 is 10.4. The predicted octanol–water partition coefficient (Wildman–Crippen LogP) is 4.33. The minimum atomic E-state index is -0.327. The molecule has 0 unspecified atom stereocenters. The van der Waals surface area contributed by atoms with Gasteiger partial charge in [0.2, 0.25) is 0 Å². The van der Waals surface area contributed by atoms with Gasteiger partial charge in [-0.15, -0.1) is 0 Å². The number of amides is 1. The summed E-state index contributed by atoms with van der Waals surface area (Å²) in [6.07, 6.45) is 0. The van der Waals surface area contributed by atoms with Crippen molar-refractivity contribution in [2.24, 2.45) is 0 Å². The maximum Gasteiger partial charge on any atom is 0.255 e. The summed E-state index contributed by atoms with van der Waals surface area (Å²) in [5, 5.41) is 3.62. The predicted molar refractivity (Wildman–Crippen MR) is 98.3 cm³/mol. The van der Waals surface area contributed by atoms with Crippen molar-refractivity contribution in [3.05, 3.63) is 45.9 Å². The summed E-state index contributed by atoms with van der Waals surface area (Å²) >= 11 is 12.3. The molecule has 1 amide bonds. The summed E-state index contributed by atoms with van der Waals surface area (Å²) in [5.74, 6) is 0.441. The number of carbonyl (C=O) groups is 1. The minimum Gasteiger partial charge on any atom is -0.493 e. The highest BCUT2D eigenvalue weighted by molar-refractivity contribution is 6.34. The molecule has 128 valence electrons. The third-order valence-electron chi connectivity index (χ3n) is 3.38. The molecule has 0 aliphatic heterocycles. The van der Waals surface area contributed by atoms with Crippen LogP contribution in [0, 0.1) is 0 Å². The van der Waals surface area contributed by atoms with Crippen LogP contribution in [0.1, 0.15) is 10.4 Å². The van der Waals surface area contributed by atoms with Gasteiger partial charge >= 0.3 is 0 Å². The van der Waals surface area contributed by atoms with Crippen LogP contribution in [0.25, 0.3) is 0 Å². The quantitative estimate of drug-likeness (QED) is 0.853. The zero-order valence-electron chi connectivity index (χ0n) is 13.8. The maximum atomic E-state index is 12.4. The van der Waals surface area contributed by atoms with Crippen molar-refractivity contribution in [1.82, 2.24) is 0 Å². The van der Waals surface area contributed by atoms with Gasteiger partial charge in [-0.05, 0) is 30.3 Å². The van der Waals surface area contributed by atoms with Gasteiger partial charge in [-0.1, -0.05) is 23.2 Å². The number of carbonyl (C=O) groups excluding carboxylic acids is 1. The molecule has 24 heavy (non-hydrogen) atoms. The second-order valence-electron chi connectivity index (χ2n) is 5.21. The number of nitrogens with one attached hydrogen (secondary N) is 1. The van der Waals surface area contributed by atoms with Gasteiger partial charge in [0.1, 0.15) is 0 Å². The van der Waals surface area contributed by atoms with Crippen LogP contribution >= 0.6 is 23.2 Å². The number of nitrogens with zero attached hydrogens (tertiary/aromatic N) is 1. The first kappa shape index (κ1) is 18.2. The molecule has 0 aliphatic rings. The van der Waals surface area contributed by atoms with Crippen molar-refractivity contribution >= 4 is 40.5 Å². The van der Waals surface area contributed by atoms with Crippen molar-refractivity contribution in [2.45, 2.75) is 0 Å². The molecule has 0 fully saturated rings. The monoisotopic (exact) mass is 368 g/mol. The van der Waals surface area contributed by atoms with E-state index in [4.69, 9.17) is 32.7 Å². The second kappa shape index (κ2) is 7.64. The van der Waals surface area contributed by atoms with E-state index in [1.165, 1.54) is 20.3 Å². The third kappa shape index (κ3) is 3.86. The lowest BCUT2D eigenvalue weighted by molar-refractivity contribution is 0.102. The Kier molecular flexibility index (Phi) is 5.80. The van der Waals surface area contributed by atoms with Gasteiger partial charge in [-0.3, -0.25) is 4.79 Å². The van der Waals surface area contributed by atoms with Gasteiger partial charge in [0.15, 0.2) is 11.5 Å². The Morgan fingerprint density at radius 1 is 1.04 bits per heavy atom. The highest BCUT2D eigenvalue weighted by atomic mass is 35.5. The summed E-state index contributed by atoms with van der Waals surface area (Å²) in [7, 11) is 6.75. The smallest absolute Gasteiger partial charge is 0.255 e. The highest BCUT2D eigenvalue weighted by Crippen LogP contribution is 2.36. The summed E-state index contributed by atoms with van der Waals surface area (Å²) in [6.45, 7) is 0. The van der Waals surface area contributed by atoms with E-state index >= 15 is 0 Å². The van der Waals surface area contributed by atoms with E-state index in [1.54, 1.807) is 18.2 Å². The number of benzene rings is 2. The molecule has 0 bridgehead atoms. The lowest BCUT2D eigenvalue weighted by atomic mass is 10.1. The SMILES string of the molecule is COc1cc(C(=O)Nc2ccc(N(C)C)c(Cl)c2)cc(Cl)c1OC. The van der Waals surface area contributed by atoms with Crippen LogP contribution in [0.3, 0.4) is 0 Å². The first-order valence-corrected chi connectivity index (χ1v) is 7.82. The largest absolute Gasteiger partial charge is 0.493 e. The minimum absolute atomic E-state index is 0.294. The van der Waals surface area contributed by atoms with Gasteiger partial charge in [0.05, 0.1) is 30.0 Å². The average molecular weight is 369 g/mol. The molecule has 2 rings (SSSR count). The summed E-state index contributed by atoms with van der Waals surface area (Å²) in [6, 6.07) is 8.39. The van der Waals surface area contributed by atoms with Crippen molar-refractivity contribution in [3.8, 4) is 11.5 Å². The van der Waals surface area contributed by atoms with Gasteiger partial charge < -0.3 is 19.7 Å². The fourth-order valence-electron chi connectivity index (χ4n) is 2.20. The van der Waals surface area contributed by atoms with Gasteiger partial charge in [-0.2, -0.15) is 0 Å². The molecule has 0 saturated heterocycles. The molecule has 7 heteroatoms. The number of anilines is 2. The molecule has 1 N–H and O–H groups in total. The molecular weight excluding hydrogens is 351 g/mol. The first-order chi connectivity index (χ1) is 11.4. The van der Waals surface area contributed by atoms with E-state index in [2.05, 4.69) is 5.32 Å². The standard InChI is InChI=1S/C17H18Cl2N2O3/c1-21(2)14-6-5-11(9-12(14)18)20-17(22)10-7-13(19)16(24-4)15(8-10)23-3/h5-9H,1-4H3,(H,20,22). The number of hydrogen-bond donors (Lipinski definition) is 1. The molecule has 0 saturated carbocycles. The van der Waals surface area contributed by atoms with Crippen molar-refractivity contribution in [3.63, 3.8) is 0 Å². The Bertz CT molecular complexity index is 764. The van der Waals surface area contributed by atoms with E-state index < -0.39 is 0 Å². The third-order valence-corrected chi connectivity index (χ3v) is 3.97. The van der Waals surface area contributed by atoms with Crippen LogP contribution in [0.4, 0.5) is 11.4 Å². The molecule has 0 atom stereocenters.